The summed E-state index contributed by atoms with van der Waals surface area (Å²) in [4.78, 5) is 12.2. The Hall–Kier alpha value is -2.10. The summed E-state index contributed by atoms with van der Waals surface area (Å²) in [6, 6.07) is 10.4. The first-order chi connectivity index (χ1) is 10.5. The van der Waals surface area contributed by atoms with Gasteiger partial charge >= 0.3 is 0 Å². The van der Waals surface area contributed by atoms with Crippen molar-refractivity contribution in [3.63, 3.8) is 0 Å². The van der Waals surface area contributed by atoms with Crippen LogP contribution in [0.25, 0.3) is 0 Å². The van der Waals surface area contributed by atoms with Crippen LogP contribution in [0.15, 0.2) is 30.3 Å². The molecule has 1 N–H and O–H groups in total. The first kappa shape index (κ1) is 16.3. The molecule has 0 spiro atoms. The van der Waals surface area contributed by atoms with E-state index >= 15 is 0 Å². The Bertz CT molecular complexity index is 628. The Morgan fingerprint density at radius 3 is 2.45 bits per heavy atom. The molecule has 1 heterocycles. The third-order valence-electron chi connectivity index (χ3n) is 3.88. The lowest BCUT2D eigenvalue weighted by atomic mass is 10.0. The molecule has 4 heteroatoms. The SMILES string of the molecule is CCC(NC(=O)CCn1nc(C)cc1C)c1ccc(C)cc1. The lowest BCUT2D eigenvalue weighted by Crippen LogP contribution is -2.29. The van der Waals surface area contributed by atoms with E-state index in [1.165, 1.54) is 5.56 Å². The van der Waals surface area contributed by atoms with E-state index in [4.69, 9.17) is 0 Å². The molecule has 0 radical (unpaired) electrons. The van der Waals surface area contributed by atoms with Crippen molar-refractivity contribution in [2.24, 2.45) is 0 Å². The number of carbonyl (C=O) groups is 1. The van der Waals surface area contributed by atoms with Crippen LogP contribution in [0.4, 0.5) is 0 Å². The fourth-order valence-electron chi connectivity index (χ4n) is 2.60. The Balaban J connectivity index is 1.92. The van der Waals surface area contributed by atoms with Gasteiger partial charge in [-0.1, -0.05) is 36.8 Å². The summed E-state index contributed by atoms with van der Waals surface area (Å²) in [7, 11) is 0. The van der Waals surface area contributed by atoms with Gasteiger partial charge in [-0.15, -0.1) is 0 Å². The molecule has 118 valence electrons. The second kappa shape index (κ2) is 7.25. The molecule has 1 unspecified atom stereocenters. The topological polar surface area (TPSA) is 46.9 Å². The van der Waals surface area contributed by atoms with Gasteiger partial charge in [0, 0.05) is 18.7 Å². The maximum atomic E-state index is 12.2. The van der Waals surface area contributed by atoms with Crippen LogP contribution in [-0.4, -0.2) is 15.7 Å². The molecular formula is C18H25N3O. The molecule has 1 amide bonds. The Labute approximate surface area is 132 Å². The maximum Gasteiger partial charge on any atom is 0.222 e. The molecule has 0 bridgehead atoms. The number of nitrogens with one attached hydrogen (secondary N) is 1. The van der Waals surface area contributed by atoms with Crippen LogP contribution in [0.5, 0.6) is 0 Å². The van der Waals surface area contributed by atoms with Gasteiger partial charge in [-0.25, -0.2) is 0 Å². The molecule has 0 saturated carbocycles. The fraction of sp³-hybridized carbons (Fsp3) is 0.444. The fourth-order valence-corrected chi connectivity index (χ4v) is 2.60. The second-order valence-electron chi connectivity index (χ2n) is 5.84. The summed E-state index contributed by atoms with van der Waals surface area (Å²) in [5.74, 6) is 0.0694. The Morgan fingerprint density at radius 2 is 1.91 bits per heavy atom. The standard InChI is InChI=1S/C18H25N3O/c1-5-17(16-8-6-13(2)7-9-16)19-18(22)10-11-21-15(4)12-14(3)20-21/h6-9,12,17H,5,10-11H2,1-4H3,(H,19,22). The summed E-state index contributed by atoms with van der Waals surface area (Å²) in [6.45, 7) is 8.76. The van der Waals surface area contributed by atoms with Crippen molar-refractivity contribution in [1.82, 2.24) is 15.1 Å². The quantitative estimate of drug-likeness (QED) is 0.888. The smallest absolute Gasteiger partial charge is 0.222 e. The van der Waals surface area contributed by atoms with E-state index in [-0.39, 0.29) is 11.9 Å². The van der Waals surface area contributed by atoms with Gasteiger partial charge in [0.15, 0.2) is 0 Å². The minimum Gasteiger partial charge on any atom is -0.349 e. The molecule has 0 saturated heterocycles. The number of carbonyl (C=O) groups excluding carboxylic acids is 1. The molecule has 1 aromatic heterocycles. The maximum absolute atomic E-state index is 12.2. The molecule has 0 aliphatic carbocycles. The molecule has 1 atom stereocenters. The monoisotopic (exact) mass is 299 g/mol. The van der Waals surface area contributed by atoms with Crippen LogP contribution in [0.2, 0.25) is 0 Å². The van der Waals surface area contributed by atoms with Crippen LogP contribution >= 0.6 is 0 Å². The zero-order valence-corrected chi connectivity index (χ0v) is 13.9. The van der Waals surface area contributed by atoms with E-state index in [1.54, 1.807) is 0 Å². The van der Waals surface area contributed by atoms with Gasteiger partial charge in [-0.2, -0.15) is 5.10 Å². The van der Waals surface area contributed by atoms with Crippen LogP contribution in [0, 0.1) is 20.8 Å². The highest BCUT2D eigenvalue weighted by molar-refractivity contribution is 5.76. The van der Waals surface area contributed by atoms with Gasteiger partial charge in [0.2, 0.25) is 5.91 Å². The number of benzene rings is 1. The summed E-state index contributed by atoms with van der Waals surface area (Å²) in [6.07, 6.45) is 1.33. The van der Waals surface area contributed by atoms with Crippen molar-refractivity contribution in [1.29, 1.82) is 0 Å². The van der Waals surface area contributed by atoms with Crippen LogP contribution < -0.4 is 5.32 Å². The van der Waals surface area contributed by atoms with E-state index in [0.717, 1.165) is 23.4 Å². The largest absolute Gasteiger partial charge is 0.349 e. The molecule has 2 aromatic rings. The van der Waals surface area contributed by atoms with Crippen molar-refractivity contribution in [3.8, 4) is 0 Å². The summed E-state index contributed by atoms with van der Waals surface area (Å²) < 4.78 is 1.89. The lowest BCUT2D eigenvalue weighted by Gasteiger charge is -2.18. The third-order valence-corrected chi connectivity index (χ3v) is 3.88. The van der Waals surface area contributed by atoms with E-state index in [9.17, 15) is 4.79 Å². The second-order valence-corrected chi connectivity index (χ2v) is 5.84. The minimum atomic E-state index is 0.0694. The first-order valence-electron chi connectivity index (χ1n) is 7.86. The number of nitrogens with zero attached hydrogens (tertiary/aromatic N) is 2. The van der Waals surface area contributed by atoms with E-state index < -0.39 is 0 Å². The van der Waals surface area contributed by atoms with Crippen LogP contribution in [0.1, 0.15) is 48.3 Å². The number of aryl methyl sites for hydroxylation is 4. The van der Waals surface area contributed by atoms with Crippen molar-refractivity contribution >= 4 is 5.91 Å². The minimum absolute atomic E-state index is 0.0694. The highest BCUT2D eigenvalue weighted by Crippen LogP contribution is 2.17. The average molecular weight is 299 g/mol. The first-order valence-corrected chi connectivity index (χ1v) is 7.86. The number of rotatable bonds is 6. The molecular weight excluding hydrogens is 274 g/mol. The van der Waals surface area contributed by atoms with Gasteiger partial charge in [-0.05, 0) is 38.8 Å². The number of hydrogen-bond acceptors (Lipinski definition) is 2. The number of amides is 1. The lowest BCUT2D eigenvalue weighted by molar-refractivity contribution is -0.122. The number of aromatic nitrogens is 2. The Kier molecular flexibility index (Phi) is 5.36. The van der Waals surface area contributed by atoms with Crippen molar-refractivity contribution < 1.29 is 4.79 Å². The van der Waals surface area contributed by atoms with Crippen molar-refractivity contribution in [2.45, 2.75) is 53.1 Å². The molecule has 1 aromatic carbocycles. The zero-order chi connectivity index (χ0) is 16.1. The molecule has 0 fully saturated rings. The van der Waals surface area contributed by atoms with E-state index in [2.05, 4.69) is 48.5 Å². The average Bonchev–Trinajstić information content (AvgIpc) is 2.81. The Morgan fingerprint density at radius 1 is 1.23 bits per heavy atom. The highest BCUT2D eigenvalue weighted by atomic mass is 16.1. The van der Waals surface area contributed by atoms with Gasteiger partial charge < -0.3 is 5.32 Å². The summed E-state index contributed by atoms with van der Waals surface area (Å²) in [5, 5.41) is 7.50. The third kappa shape index (κ3) is 4.20. The molecule has 0 aliphatic rings. The predicted octanol–water partition coefficient (Wildman–Crippen LogP) is 3.47. The van der Waals surface area contributed by atoms with Crippen molar-refractivity contribution in [3.05, 3.63) is 52.8 Å². The van der Waals surface area contributed by atoms with Gasteiger partial charge in [0.25, 0.3) is 0 Å². The van der Waals surface area contributed by atoms with Gasteiger partial charge in [0.1, 0.15) is 0 Å². The molecule has 2 rings (SSSR count). The van der Waals surface area contributed by atoms with Crippen LogP contribution in [-0.2, 0) is 11.3 Å². The van der Waals surface area contributed by atoms with Gasteiger partial charge in [-0.3, -0.25) is 9.48 Å². The van der Waals surface area contributed by atoms with Gasteiger partial charge in [0.05, 0.1) is 11.7 Å². The number of hydrogen-bond donors (Lipinski definition) is 1. The summed E-state index contributed by atoms with van der Waals surface area (Å²) >= 11 is 0. The van der Waals surface area contributed by atoms with Crippen LogP contribution in [0.3, 0.4) is 0 Å². The molecule has 4 nitrogen and oxygen atoms in total. The zero-order valence-electron chi connectivity index (χ0n) is 13.9. The van der Waals surface area contributed by atoms with Crippen molar-refractivity contribution in [2.75, 3.05) is 0 Å². The molecule has 22 heavy (non-hydrogen) atoms. The normalized spacial score (nSPS) is 12.2. The van der Waals surface area contributed by atoms with E-state index in [1.807, 2.05) is 24.6 Å². The van der Waals surface area contributed by atoms with E-state index in [0.29, 0.717) is 13.0 Å². The summed E-state index contributed by atoms with van der Waals surface area (Å²) in [5.41, 5.74) is 4.47. The highest BCUT2D eigenvalue weighted by Gasteiger charge is 2.13. The molecule has 0 aliphatic heterocycles. The predicted molar refractivity (Wildman–Crippen MR) is 88.7 cm³/mol.